The van der Waals surface area contributed by atoms with Crippen LogP contribution in [0.2, 0.25) is 5.02 Å². The lowest BCUT2D eigenvalue weighted by molar-refractivity contribution is 0.0726. The molecule has 168 valence electrons. The highest BCUT2D eigenvalue weighted by molar-refractivity contribution is 7.99. The molecule has 0 N–H and O–H groups in total. The SMILES string of the molecule is CC1=Nc2cc(C(=O)N3CCN(c4cccc(C)c4)[C@@H](C)C3)ccc2Sc2ccc(Cl)cc21. The van der Waals surface area contributed by atoms with Crippen LogP contribution in [-0.4, -0.2) is 42.2 Å². The number of carbonyl (C=O) groups is 1. The van der Waals surface area contributed by atoms with Gasteiger partial charge in [0.2, 0.25) is 0 Å². The Labute approximate surface area is 204 Å². The largest absolute Gasteiger partial charge is 0.365 e. The number of aryl methyl sites for hydroxylation is 1. The third kappa shape index (κ3) is 4.40. The fourth-order valence-corrected chi connectivity index (χ4v) is 5.78. The van der Waals surface area contributed by atoms with Crippen LogP contribution in [0, 0.1) is 6.92 Å². The minimum Gasteiger partial charge on any atom is -0.365 e. The van der Waals surface area contributed by atoms with Crippen LogP contribution in [0.1, 0.15) is 35.3 Å². The van der Waals surface area contributed by atoms with Crippen molar-refractivity contribution in [3.8, 4) is 0 Å². The summed E-state index contributed by atoms with van der Waals surface area (Å²) in [6, 6.07) is 20.6. The van der Waals surface area contributed by atoms with Crippen molar-refractivity contribution in [2.75, 3.05) is 24.5 Å². The molecule has 6 heteroatoms. The summed E-state index contributed by atoms with van der Waals surface area (Å²) in [5, 5.41) is 0.699. The van der Waals surface area contributed by atoms with E-state index in [4.69, 9.17) is 16.6 Å². The third-order valence-corrected chi connectivity index (χ3v) is 7.67. The van der Waals surface area contributed by atoms with E-state index in [1.54, 1.807) is 11.8 Å². The first-order chi connectivity index (χ1) is 15.9. The summed E-state index contributed by atoms with van der Waals surface area (Å²) in [5.74, 6) is 0.0659. The Balaban J connectivity index is 1.36. The second-order valence-electron chi connectivity index (χ2n) is 8.75. The Hall–Kier alpha value is -2.76. The molecule has 0 radical (unpaired) electrons. The lowest BCUT2D eigenvalue weighted by atomic mass is 10.1. The van der Waals surface area contributed by atoms with E-state index in [2.05, 4.69) is 43.0 Å². The first-order valence-corrected chi connectivity index (χ1v) is 12.4. The van der Waals surface area contributed by atoms with Crippen molar-refractivity contribution < 1.29 is 4.79 Å². The quantitative estimate of drug-likeness (QED) is 0.418. The average Bonchev–Trinajstić information content (AvgIpc) is 2.93. The molecule has 2 aliphatic heterocycles. The lowest BCUT2D eigenvalue weighted by Gasteiger charge is -2.41. The van der Waals surface area contributed by atoms with Gasteiger partial charge in [0.1, 0.15) is 0 Å². The average molecular weight is 476 g/mol. The molecule has 33 heavy (non-hydrogen) atoms. The van der Waals surface area contributed by atoms with Crippen LogP contribution in [0.4, 0.5) is 11.4 Å². The van der Waals surface area contributed by atoms with E-state index in [0.29, 0.717) is 23.7 Å². The van der Waals surface area contributed by atoms with Crippen LogP contribution >= 0.6 is 23.4 Å². The van der Waals surface area contributed by atoms with E-state index in [0.717, 1.165) is 33.3 Å². The number of rotatable bonds is 2. The van der Waals surface area contributed by atoms with Crippen molar-refractivity contribution in [2.24, 2.45) is 4.99 Å². The van der Waals surface area contributed by atoms with Gasteiger partial charge in [0.15, 0.2) is 0 Å². The number of anilines is 1. The van der Waals surface area contributed by atoms with Crippen LogP contribution in [0.15, 0.2) is 75.4 Å². The van der Waals surface area contributed by atoms with Gasteiger partial charge in [-0.15, -0.1) is 0 Å². The van der Waals surface area contributed by atoms with Gasteiger partial charge in [0, 0.05) is 63.0 Å². The molecule has 3 aromatic rings. The van der Waals surface area contributed by atoms with Crippen molar-refractivity contribution in [1.82, 2.24) is 4.90 Å². The molecule has 0 aromatic heterocycles. The van der Waals surface area contributed by atoms with Crippen molar-refractivity contribution in [2.45, 2.75) is 36.6 Å². The van der Waals surface area contributed by atoms with Crippen molar-refractivity contribution in [3.63, 3.8) is 0 Å². The maximum absolute atomic E-state index is 13.4. The van der Waals surface area contributed by atoms with Gasteiger partial charge >= 0.3 is 0 Å². The number of nitrogens with zero attached hydrogens (tertiary/aromatic N) is 3. The third-order valence-electron chi connectivity index (χ3n) is 6.29. The maximum atomic E-state index is 13.4. The number of halogens is 1. The second-order valence-corrected chi connectivity index (χ2v) is 10.3. The van der Waals surface area contributed by atoms with Crippen LogP contribution in [0.3, 0.4) is 0 Å². The minimum absolute atomic E-state index is 0.0659. The zero-order chi connectivity index (χ0) is 23.1. The number of amides is 1. The highest BCUT2D eigenvalue weighted by Gasteiger charge is 2.28. The second kappa shape index (κ2) is 8.88. The van der Waals surface area contributed by atoms with E-state index >= 15 is 0 Å². The summed E-state index contributed by atoms with van der Waals surface area (Å²) >= 11 is 7.88. The number of fused-ring (bicyclic) bond motifs is 2. The van der Waals surface area contributed by atoms with E-state index in [1.807, 2.05) is 48.2 Å². The van der Waals surface area contributed by atoms with Gasteiger partial charge in [-0.25, -0.2) is 0 Å². The molecule has 0 bridgehead atoms. The van der Waals surface area contributed by atoms with E-state index in [9.17, 15) is 4.79 Å². The number of hydrogen-bond donors (Lipinski definition) is 0. The number of aliphatic imine (C=N–C) groups is 1. The predicted molar refractivity (Wildman–Crippen MR) is 138 cm³/mol. The number of carbonyl (C=O) groups excluding carboxylic acids is 1. The molecular formula is C27H26ClN3OS. The molecule has 0 aliphatic carbocycles. The van der Waals surface area contributed by atoms with Crippen LogP contribution in [0.5, 0.6) is 0 Å². The van der Waals surface area contributed by atoms with Crippen LogP contribution < -0.4 is 4.90 Å². The van der Waals surface area contributed by atoms with Crippen LogP contribution in [-0.2, 0) is 0 Å². The Morgan fingerprint density at radius 1 is 1.03 bits per heavy atom. The Kier molecular flexibility index (Phi) is 5.94. The summed E-state index contributed by atoms with van der Waals surface area (Å²) in [5.41, 5.74) is 5.94. The molecule has 5 rings (SSSR count). The van der Waals surface area contributed by atoms with Gasteiger partial charge in [-0.2, -0.15) is 0 Å². The first kappa shape index (κ1) is 22.1. The summed E-state index contributed by atoms with van der Waals surface area (Å²) in [7, 11) is 0. The zero-order valence-corrected chi connectivity index (χ0v) is 20.6. The molecule has 4 nitrogen and oxygen atoms in total. The number of hydrogen-bond acceptors (Lipinski definition) is 4. The zero-order valence-electron chi connectivity index (χ0n) is 19.0. The van der Waals surface area contributed by atoms with E-state index < -0.39 is 0 Å². The van der Waals surface area contributed by atoms with E-state index in [1.165, 1.54) is 11.3 Å². The van der Waals surface area contributed by atoms with Crippen molar-refractivity contribution in [1.29, 1.82) is 0 Å². The number of benzene rings is 3. The van der Waals surface area contributed by atoms with Gasteiger partial charge in [0.25, 0.3) is 5.91 Å². The van der Waals surface area contributed by atoms with Gasteiger partial charge < -0.3 is 9.80 Å². The number of piperazine rings is 1. The molecule has 0 unspecified atom stereocenters. The molecule has 2 aliphatic rings. The van der Waals surface area contributed by atoms with Gasteiger partial charge in [-0.1, -0.05) is 35.5 Å². The van der Waals surface area contributed by atoms with Gasteiger partial charge in [-0.05, 0) is 74.9 Å². The summed E-state index contributed by atoms with van der Waals surface area (Å²) in [6.07, 6.45) is 0. The normalized spacial score (nSPS) is 17.7. The van der Waals surface area contributed by atoms with Gasteiger partial charge in [0.05, 0.1) is 5.69 Å². The summed E-state index contributed by atoms with van der Waals surface area (Å²) < 4.78 is 0. The molecule has 3 aromatic carbocycles. The summed E-state index contributed by atoms with van der Waals surface area (Å²) in [4.78, 5) is 24.8. The predicted octanol–water partition coefficient (Wildman–Crippen LogP) is 6.60. The van der Waals surface area contributed by atoms with Gasteiger partial charge in [-0.3, -0.25) is 9.79 Å². The van der Waals surface area contributed by atoms with Crippen LogP contribution in [0.25, 0.3) is 0 Å². The maximum Gasteiger partial charge on any atom is 0.254 e. The monoisotopic (exact) mass is 475 g/mol. The van der Waals surface area contributed by atoms with Crippen molar-refractivity contribution in [3.05, 3.63) is 82.4 Å². The summed E-state index contributed by atoms with van der Waals surface area (Å²) in [6.45, 7) is 8.52. The van der Waals surface area contributed by atoms with Crippen molar-refractivity contribution >= 4 is 46.4 Å². The smallest absolute Gasteiger partial charge is 0.254 e. The van der Waals surface area contributed by atoms with E-state index in [-0.39, 0.29) is 11.9 Å². The standard InChI is InChI=1S/C27H26ClN3OS/c1-17-5-4-6-22(13-17)31-12-11-30(16-18(31)2)27(32)20-7-9-26-24(14-20)29-19(3)23-15-21(28)8-10-25(23)33-26/h4-10,13-15,18H,11-12,16H2,1-3H3/t18-/m0/s1. The topological polar surface area (TPSA) is 35.9 Å². The Bertz CT molecular complexity index is 1270. The molecular weight excluding hydrogens is 450 g/mol. The Morgan fingerprint density at radius 2 is 1.85 bits per heavy atom. The molecule has 1 saturated heterocycles. The highest BCUT2D eigenvalue weighted by Crippen LogP contribution is 2.41. The minimum atomic E-state index is 0.0659. The molecule has 0 spiro atoms. The Morgan fingerprint density at radius 3 is 2.64 bits per heavy atom. The molecule has 1 amide bonds. The highest BCUT2D eigenvalue weighted by atomic mass is 35.5. The lowest BCUT2D eigenvalue weighted by Crippen LogP contribution is -2.53. The fraction of sp³-hybridized carbons (Fsp3) is 0.259. The fourth-order valence-electron chi connectivity index (χ4n) is 4.57. The molecule has 2 heterocycles. The first-order valence-electron chi connectivity index (χ1n) is 11.2. The molecule has 0 saturated carbocycles. The molecule has 1 atom stereocenters. The molecule has 1 fully saturated rings.